The molecule has 0 aliphatic heterocycles. The average molecular weight is 493 g/mol. The number of furan rings is 1. The number of aryl methyl sites for hydroxylation is 2. The summed E-state index contributed by atoms with van der Waals surface area (Å²) in [4.78, 5) is 15.0. The van der Waals surface area contributed by atoms with Gasteiger partial charge in [-0.2, -0.15) is 9.97 Å². The highest BCUT2D eigenvalue weighted by molar-refractivity contribution is 6.21. The Bertz CT molecular complexity index is 1910. The molecule has 8 rings (SSSR count). The van der Waals surface area contributed by atoms with E-state index in [4.69, 9.17) is 19.4 Å². The van der Waals surface area contributed by atoms with Crippen molar-refractivity contribution < 1.29 is 4.42 Å². The third-order valence-corrected chi connectivity index (χ3v) is 7.64. The number of fused-ring (bicyclic) bond motifs is 7. The number of nitrogens with zero attached hydrogens (tertiary/aromatic N) is 4. The number of para-hydroxylation sites is 1. The molecule has 38 heavy (non-hydrogen) atoms. The van der Waals surface area contributed by atoms with Crippen molar-refractivity contribution in [2.24, 2.45) is 0 Å². The van der Waals surface area contributed by atoms with E-state index in [1.54, 1.807) is 0 Å². The van der Waals surface area contributed by atoms with Crippen LogP contribution in [0.1, 0.15) is 24.2 Å². The fourth-order valence-corrected chi connectivity index (χ4v) is 5.93. The first kappa shape index (κ1) is 21.3. The molecular formula is C33H24N4O. The predicted octanol–water partition coefficient (Wildman–Crippen LogP) is 7.93. The summed E-state index contributed by atoms with van der Waals surface area (Å²) >= 11 is 0. The third kappa shape index (κ3) is 3.21. The number of aromatic nitrogens is 4. The van der Waals surface area contributed by atoms with Gasteiger partial charge in [0.05, 0.1) is 11.0 Å². The summed E-state index contributed by atoms with van der Waals surface area (Å²) in [5.41, 5.74) is 6.41. The summed E-state index contributed by atoms with van der Waals surface area (Å²) in [5, 5.41) is 3.64. The van der Waals surface area contributed by atoms with Crippen molar-refractivity contribution >= 4 is 32.8 Å². The molecule has 0 unspecified atom stereocenters. The molecule has 0 saturated carbocycles. The van der Waals surface area contributed by atoms with Crippen molar-refractivity contribution in [3.05, 3.63) is 108 Å². The van der Waals surface area contributed by atoms with Gasteiger partial charge in [-0.25, -0.2) is 4.98 Å². The monoisotopic (exact) mass is 492 g/mol. The molecule has 5 nitrogen and oxygen atoms in total. The van der Waals surface area contributed by atoms with Crippen LogP contribution in [0, 0.1) is 0 Å². The van der Waals surface area contributed by atoms with Crippen LogP contribution in [0.4, 0.5) is 0 Å². The number of hydrogen-bond acceptors (Lipinski definition) is 4. The van der Waals surface area contributed by atoms with Crippen LogP contribution < -0.4 is 0 Å². The molecule has 5 heteroatoms. The van der Waals surface area contributed by atoms with Gasteiger partial charge in [-0.3, -0.25) is 4.57 Å². The van der Waals surface area contributed by atoms with Crippen molar-refractivity contribution in [3.63, 3.8) is 0 Å². The molecule has 0 saturated heterocycles. The zero-order valence-electron chi connectivity index (χ0n) is 20.8. The average Bonchev–Trinajstić information content (AvgIpc) is 3.53. The summed E-state index contributed by atoms with van der Waals surface area (Å²) in [6.45, 7) is 0. The maximum atomic E-state index is 6.37. The highest BCUT2D eigenvalue weighted by Crippen LogP contribution is 2.41. The van der Waals surface area contributed by atoms with Crippen molar-refractivity contribution in [2.75, 3.05) is 0 Å². The maximum absolute atomic E-state index is 6.37. The van der Waals surface area contributed by atoms with E-state index in [0.717, 1.165) is 46.3 Å². The van der Waals surface area contributed by atoms with E-state index in [1.807, 2.05) is 60.7 Å². The van der Waals surface area contributed by atoms with Crippen molar-refractivity contribution in [1.82, 2.24) is 19.5 Å². The molecule has 0 radical (unpaired) electrons. The Balaban J connectivity index is 1.48. The molecule has 4 aromatic carbocycles. The van der Waals surface area contributed by atoms with Gasteiger partial charge in [0.25, 0.3) is 0 Å². The van der Waals surface area contributed by atoms with E-state index in [0.29, 0.717) is 17.6 Å². The van der Waals surface area contributed by atoms with Gasteiger partial charge in [-0.1, -0.05) is 78.9 Å². The van der Waals surface area contributed by atoms with Crippen molar-refractivity contribution in [3.8, 4) is 28.7 Å². The lowest BCUT2D eigenvalue weighted by Crippen LogP contribution is -2.06. The summed E-state index contributed by atoms with van der Waals surface area (Å²) in [6.07, 6.45) is 4.46. The highest BCUT2D eigenvalue weighted by Gasteiger charge is 2.24. The van der Waals surface area contributed by atoms with Gasteiger partial charge < -0.3 is 4.42 Å². The van der Waals surface area contributed by atoms with E-state index in [2.05, 4.69) is 41.0 Å². The molecule has 0 spiro atoms. The van der Waals surface area contributed by atoms with Crippen LogP contribution in [-0.4, -0.2) is 19.5 Å². The van der Waals surface area contributed by atoms with Gasteiger partial charge in [0.2, 0.25) is 5.95 Å². The van der Waals surface area contributed by atoms with E-state index < -0.39 is 0 Å². The molecule has 3 aromatic heterocycles. The minimum absolute atomic E-state index is 0.612. The molecule has 1 aliphatic carbocycles. The Labute approximate surface area is 219 Å². The van der Waals surface area contributed by atoms with Crippen LogP contribution in [0.2, 0.25) is 0 Å². The molecule has 0 bridgehead atoms. The fourth-order valence-electron chi connectivity index (χ4n) is 5.93. The predicted molar refractivity (Wildman–Crippen MR) is 151 cm³/mol. The van der Waals surface area contributed by atoms with Crippen LogP contribution in [0.3, 0.4) is 0 Å². The second-order valence-corrected chi connectivity index (χ2v) is 9.91. The summed E-state index contributed by atoms with van der Waals surface area (Å²) in [5.74, 6) is 3.07. The Kier molecular flexibility index (Phi) is 4.71. The summed E-state index contributed by atoms with van der Waals surface area (Å²) in [7, 11) is 0. The van der Waals surface area contributed by atoms with E-state index >= 15 is 0 Å². The van der Waals surface area contributed by atoms with Crippen molar-refractivity contribution in [1.29, 1.82) is 0 Å². The Morgan fingerprint density at radius 1 is 0.579 bits per heavy atom. The maximum Gasteiger partial charge on any atom is 0.238 e. The number of rotatable bonds is 3. The lowest BCUT2D eigenvalue weighted by atomic mass is 9.94. The molecule has 0 fully saturated rings. The molecular weight excluding hydrogens is 468 g/mol. The molecule has 182 valence electrons. The summed E-state index contributed by atoms with van der Waals surface area (Å²) in [6, 6.07) is 33.1. The smallest absolute Gasteiger partial charge is 0.238 e. The minimum atomic E-state index is 0.612. The Morgan fingerprint density at radius 3 is 1.97 bits per heavy atom. The second kappa shape index (κ2) is 8.38. The summed E-state index contributed by atoms with van der Waals surface area (Å²) < 4.78 is 8.55. The van der Waals surface area contributed by atoms with Crippen LogP contribution >= 0.6 is 0 Å². The topological polar surface area (TPSA) is 56.7 Å². The van der Waals surface area contributed by atoms with Crippen LogP contribution in [0.15, 0.2) is 101 Å². The molecule has 3 heterocycles. The SMILES string of the molecule is c1ccc(-c2nc(-c3ccccc3)nc(-n3c4ccccc4c4c5c6c(oc5ccc43)CCCC6)n2)cc1. The largest absolute Gasteiger partial charge is 0.461 e. The van der Waals surface area contributed by atoms with E-state index in [-0.39, 0.29) is 0 Å². The Hall–Kier alpha value is -4.77. The standard InChI is InChI=1S/C33H24N4O/c1-3-11-21(12-4-1)31-34-32(22-13-5-2-6-14-22)36-33(35-31)37-25-17-9-7-15-23(25)29-26(37)19-20-28-30(29)24-16-8-10-18-27(24)38-28/h1-7,9,11-15,17,19-20H,8,10,16,18H2. The van der Waals surface area contributed by atoms with E-state index in [9.17, 15) is 0 Å². The van der Waals surface area contributed by atoms with Gasteiger partial charge in [-0.15, -0.1) is 0 Å². The van der Waals surface area contributed by atoms with Crippen LogP contribution in [0.25, 0.3) is 61.5 Å². The first-order valence-corrected chi connectivity index (χ1v) is 13.2. The number of benzene rings is 4. The van der Waals surface area contributed by atoms with Gasteiger partial charge in [0, 0.05) is 39.3 Å². The molecule has 0 N–H and O–H groups in total. The highest BCUT2D eigenvalue weighted by atomic mass is 16.3. The lowest BCUT2D eigenvalue weighted by Gasteiger charge is -2.11. The van der Waals surface area contributed by atoms with Gasteiger partial charge in [0.15, 0.2) is 11.6 Å². The van der Waals surface area contributed by atoms with Crippen LogP contribution in [-0.2, 0) is 12.8 Å². The first-order valence-electron chi connectivity index (χ1n) is 13.2. The molecule has 7 aromatic rings. The quantitative estimate of drug-likeness (QED) is 0.251. The molecule has 1 aliphatic rings. The fraction of sp³-hybridized carbons (Fsp3) is 0.121. The lowest BCUT2D eigenvalue weighted by molar-refractivity contribution is 0.506. The van der Waals surface area contributed by atoms with Crippen LogP contribution in [0.5, 0.6) is 0 Å². The minimum Gasteiger partial charge on any atom is -0.461 e. The Morgan fingerprint density at radius 2 is 1.24 bits per heavy atom. The second-order valence-electron chi connectivity index (χ2n) is 9.91. The van der Waals surface area contributed by atoms with Gasteiger partial charge in [-0.05, 0) is 37.5 Å². The third-order valence-electron chi connectivity index (χ3n) is 7.64. The van der Waals surface area contributed by atoms with E-state index in [1.165, 1.54) is 34.6 Å². The van der Waals surface area contributed by atoms with Crippen molar-refractivity contribution in [2.45, 2.75) is 25.7 Å². The number of hydrogen-bond donors (Lipinski definition) is 0. The first-order chi connectivity index (χ1) is 18.8. The zero-order chi connectivity index (χ0) is 25.1. The molecule has 0 atom stereocenters. The van der Waals surface area contributed by atoms with Gasteiger partial charge in [0.1, 0.15) is 11.3 Å². The van der Waals surface area contributed by atoms with Gasteiger partial charge >= 0.3 is 0 Å². The molecule has 0 amide bonds. The normalized spacial score (nSPS) is 13.4. The zero-order valence-corrected chi connectivity index (χ0v) is 20.8.